The first-order valence-corrected chi connectivity index (χ1v) is 12.2. The Balaban J connectivity index is 0.000000686. The van der Waals surface area contributed by atoms with Crippen molar-refractivity contribution in [1.82, 2.24) is 14.5 Å². The number of hydrogen-bond acceptors (Lipinski definition) is 2. The fraction of sp³-hybridized carbons (Fsp3) is 0.429. The first kappa shape index (κ1) is 23.8. The van der Waals surface area contributed by atoms with Crippen molar-refractivity contribution in [2.24, 2.45) is 11.8 Å². The van der Waals surface area contributed by atoms with Crippen molar-refractivity contribution >= 4 is 5.91 Å². The lowest BCUT2D eigenvalue weighted by Gasteiger charge is -2.17. The molecule has 0 spiro atoms. The van der Waals surface area contributed by atoms with Crippen molar-refractivity contribution in [1.29, 1.82) is 0 Å². The summed E-state index contributed by atoms with van der Waals surface area (Å²) in [6.07, 6.45) is 7.20. The average Bonchev–Trinajstić information content (AvgIpc) is 3.45. The Labute approximate surface area is 193 Å². The van der Waals surface area contributed by atoms with Gasteiger partial charge in [0.05, 0.1) is 0 Å². The van der Waals surface area contributed by atoms with Crippen LogP contribution in [0.3, 0.4) is 0 Å². The van der Waals surface area contributed by atoms with Crippen LogP contribution in [0.2, 0.25) is 0 Å². The predicted molar refractivity (Wildman–Crippen MR) is 133 cm³/mol. The van der Waals surface area contributed by atoms with Gasteiger partial charge >= 0.3 is 0 Å². The lowest BCUT2D eigenvalue weighted by Crippen LogP contribution is -2.30. The van der Waals surface area contributed by atoms with Crippen LogP contribution in [0.4, 0.5) is 0 Å². The Morgan fingerprint density at radius 3 is 2.16 bits per heavy atom. The lowest BCUT2D eigenvalue weighted by molar-refractivity contribution is -0.131. The van der Waals surface area contributed by atoms with E-state index >= 15 is 0 Å². The van der Waals surface area contributed by atoms with Gasteiger partial charge in [0, 0.05) is 43.5 Å². The highest BCUT2D eigenvalue weighted by Gasteiger charge is 2.36. The van der Waals surface area contributed by atoms with E-state index in [9.17, 15) is 4.79 Å². The molecule has 0 bridgehead atoms. The zero-order valence-electron chi connectivity index (χ0n) is 20.0. The Morgan fingerprint density at radius 2 is 1.50 bits per heavy atom. The van der Waals surface area contributed by atoms with E-state index in [0.29, 0.717) is 17.7 Å². The van der Waals surface area contributed by atoms with Crippen molar-refractivity contribution in [3.63, 3.8) is 0 Å². The second kappa shape index (κ2) is 11.7. The molecule has 1 saturated heterocycles. The molecule has 1 saturated carbocycles. The molecule has 1 amide bonds. The van der Waals surface area contributed by atoms with Gasteiger partial charge in [-0.15, -0.1) is 0 Å². The molecule has 170 valence electrons. The topological polar surface area (TPSA) is 38.1 Å². The largest absolute Gasteiger partial charge is 0.342 e. The molecule has 5 rings (SSSR count). The quantitative estimate of drug-likeness (QED) is 0.461. The summed E-state index contributed by atoms with van der Waals surface area (Å²) in [5.41, 5.74) is 3.57. The SMILES string of the molecule is CC.CC.O=C(C1CC1)N1CCC(Cn2ccnc2-c2ccc(-c3ccccc3)cc2)C1. The number of aromatic nitrogens is 2. The molecule has 4 heteroatoms. The molecule has 2 aliphatic rings. The fourth-order valence-corrected chi connectivity index (χ4v) is 4.21. The maximum absolute atomic E-state index is 12.3. The molecule has 1 aromatic heterocycles. The van der Waals surface area contributed by atoms with Gasteiger partial charge in [-0.25, -0.2) is 4.98 Å². The highest BCUT2D eigenvalue weighted by Crippen LogP contribution is 2.33. The number of imidazole rings is 1. The third-order valence-corrected chi connectivity index (χ3v) is 5.94. The maximum atomic E-state index is 12.3. The smallest absolute Gasteiger partial charge is 0.225 e. The third-order valence-electron chi connectivity index (χ3n) is 5.94. The molecular formula is C28H37N3O. The number of benzene rings is 2. The van der Waals surface area contributed by atoms with E-state index in [1.165, 1.54) is 11.1 Å². The Morgan fingerprint density at radius 1 is 0.875 bits per heavy atom. The number of likely N-dealkylation sites (tertiary alicyclic amines) is 1. The lowest BCUT2D eigenvalue weighted by atomic mass is 10.0. The van der Waals surface area contributed by atoms with Crippen molar-refractivity contribution in [3.05, 3.63) is 67.0 Å². The van der Waals surface area contributed by atoms with Crippen LogP contribution < -0.4 is 0 Å². The van der Waals surface area contributed by atoms with E-state index < -0.39 is 0 Å². The number of carbonyl (C=O) groups excluding carboxylic acids is 1. The number of hydrogen-bond donors (Lipinski definition) is 0. The summed E-state index contributed by atoms with van der Waals surface area (Å²) < 4.78 is 2.24. The van der Waals surface area contributed by atoms with Gasteiger partial charge in [-0.05, 0) is 36.3 Å². The van der Waals surface area contributed by atoms with Crippen LogP contribution >= 0.6 is 0 Å². The minimum absolute atomic E-state index is 0.325. The van der Waals surface area contributed by atoms with Gasteiger partial charge in [0.25, 0.3) is 0 Å². The Bertz CT molecular complexity index is 958. The monoisotopic (exact) mass is 431 g/mol. The van der Waals surface area contributed by atoms with Crippen LogP contribution in [0.15, 0.2) is 67.0 Å². The van der Waals surface area contributed by atoms with Gasteiger partial charge in [0.15, 0.2) is 0 Å². The van der Waals surface area contributed by atoms with Crippen molar-refractivity contribution < 1.29 is 4.79 Å². The summed E-state index contributed by atoms with van der Waals surface area (Å²) >= 11 is 0. The second-order valence-corrected chi connectivity index (χ2v) is 8.06. The molecule has 1 aliphatic carbocycles. The maximum Gasteiger partial charge on any atom is 0.225 e. The minimum atomic E-state index is 0.325. The van der Waals surface area contributed by atoms with Gasteiger partial charge in [0.2, 0.25) is 5.91 Å². The van der Waals surface area contributed by atoms with E-state index in [0.717, 1.165) is 50.3 Å². The van der Waals surface area contributed by atoms with Crippen molar-refractivity contribution in [2.75, 3.05) is 13.1 Å². The highest BCUT2D eigenvalue weighted by molar-refractivity contribution is 5.81. The average molecular weight is 432 g/mol. The molecule has 0 N–H and O–H groups in total. The normalized spacial score (nSPS) is 17.1. The number of amides is 1. The van der Waals surface area contributed by atoms with Crippen LogP contribution in [-0.4, -0.2) is 33.4 Å². The fourth-order valence-electron chi connectivity index (χ4n) is 4.21. The third kappa shape index (κ3) is 5.67. The highest BCUT2D eigenvalue weighted by atomic mass is 16.2. The summed E-state index contributed by atoms with van der Waals surface area (Å²) in [4.78, 5) is 19.0. The van der Waals surface area contributed by atoms with Crippen LogP contribution in [-0.2, 0) is 11.3 Å². The van der Waals surface area contributed by atoms with Gasteiger partial charge in [0.1, 0.15) is 5.82 Å². The molecule has 32 heavy (non-hydrogen) atoms. The van der Waals surface area contributed by atoms with Crippen LogP contribution in [0.5, 0.6) is 0 Å². The standard InChI is InChI=1S/C24H25N3O.2C2H6/c28-24(22-10-11-22)27-14-12-18(17-27)16-26-15-13-25-23(26)21-8-6-20(7-9-21)19-4-2-1-3-5-19;2*1-2/h1-9,13,15,18,22H,10-12,14,16-17H2;2*1-2H3. The zero-order valence-corrected chi connectivity index (χ0v) is 20.0. The first-order chi connectivity index (χ1) is 15.8. The number of nitrogens with zero attached hydrogens (tertiary/aromatic N) is 3. The molecule has 0 radical (unpaired) electrons. The van der Waals surface area contributed by atoms with Gasteiger partial charge in [-0.1, -0.05) is 82.3 Å². The zero-order chi connectivity index (χ0) is 22.9. The van der Waals surface area contributed by atoms with Crippen LogP contribution in [0, 0.1) is 11.8 Å². The number of rotatable bonds is 5. The molecule has 2 heterocycles. The van der Waals surface area contributed by atoms with E-state index in [2.05, 4.69) is 69.2 Å². The minimum Gasteiger partial charge on any atom is -0.342 e. The summed E-state index contributed by atoms with van der Waals surface area (Å²) in [7, 11) is 0. The molecule has 2 fully saturated rings. The second-order valence-electron chi connectivity index (χ2n) is 8.06. The molecule has 1 atom stereocenters. The molecular weight excluding hydrogens is 394 g/mol. The molecule has 1 aliphatic heterocycles. The van der Waals surface area contributed by atoms with E-state index in [-0.39, 0.29) is 0 Å². The first-order valence-electron chi connectivity index (χ1n) is 12.2. The van der Waals surface area contributed by atoms with Gasteiger partial charge < -0.3 is 9.47 Å². The van der Waals surface area contributed by atoms with E-state index in [1.807, 2.05) is 40.0 Å². The molecule has 1 unspecified atom stereocenters. The van der Waals surface area contributed by atoms with Gasteiger partial charge in [-0.2, -0.15) is 0 Å². The van der Waals surface area contributed by atoms with Crippen molar-refractivity contribution in [2.45, 2.75) is 53.5 Å². The number of carbonyl (C=O) groups is 1. The Hall–Kier alpha value is -2.88. The summed E-state index contributed by atoms with van der Waals surface area (Å²) in [5, 5.41) is 0. The van der Waals surface area contributed by atoms with Crippen molar-refractivity contribution in [3.8, 4) is 22.5 Å². The van der Waals surface area contributed by atoms with Gasteiger partial charge in [-0.3, -0.25) is 4.79 Å². The summed E-state index contributed by atoms with van der Waals surface area (Å²) in [5.74, 6) is 2.22. The Kier molecular flexibility index (Phi) is 8.66. The van der Waals surface area contributed by atoms with Crippen LogP contribution in [0.25, 0.3) is 22.5 Å². The van der Waals surface area contributed by atoms with E-state index in [1.54, 1.807) is 0 Å². The summed E-state index contributed by atoms with van der Waals surface area (Å²) in [6, 6.07) is 19.1. The molecule has 3 aromatic rings. The summed E-state index contributed by atoms with van der Waals surface area (Å²) in [6.45, 7) is 10.7. The predicted octanol–water partition coefficient (Wildman–Crippen LogP) is 6.53. The molecule has 4 nitrogen and oxygen atoms in total. The van der Waals surface area contributed by atoms with Crippen LogP contribution in [0.1, 0.15) is 47.0 Å². The van der Waals surface area contributed by atoms with E-state index in [4.69, 9.17) is 0 Å². The molecule has 2 aromatic carbocycles.